The second-order valence-corrected chi connectivity index (χ2v) is 6.77. The van der Waals surface area contributed by atoms with Crippen LogP contribution in [0.5, 0.6) is 0 Å². The van der Waals surface area contributed by atoms with Crippen molar-refractivity contribution in [1.29, 1.82) is 0 Å². The van der Waals surface area contributed by atoms with Gasteiger partial charge in [0, 0.05) is 4.90 Å². The summed E-state index contributed by atoms with van der Waals surface area (Å²) in [4.78, 5) is 16.5. The number of aromatic nitrogens is 1. The highest BCUT2D eigenvalue weighted by Crippen LogP contribution is 2.28. The largest absolute Gasteiger partial charge is 0.478 e. The predicted octanol–water partition coefficient (Wildman–Crippen LogP) is 4.35. The molecule has 2 aromatic carbocycles. The second-order valence-electron chi connectivity index (χ2n) is 4.79. The summed E-state index contributed by atoms with van der Waals surface area (Å²) in [6, 6.07) is 15.0. The van der Waals surface area contributed by atoms with Crippen LogP contribution in [0.2, 0.25) is 0 Å². The van der Waals surface area contributed by atoms with Crippen LogP contribution in [0.25, 0.3) is 10.2 Å². The monoisotopic (exact) mass is 330 g/mol. The molecular weight excluding hydrogens is 316 g/mol. The normalized spacial score (nSPS) is 12.4. The number of hydrogen-bond donors (Lipinski definition) is 2. The zero-order valence-corrected chi connectivity index (χ0v) is 13.4. The first-order valence-corrected chi connectivity index (χ1v) is 8.38. The number of carbonyl (C=O) groups is 1. The Morgan fingerprint density at radius 3 is 2.86 bits per heavy atom. The highest BCUT2D eigenvalue weighted by Gasteiger charge is 2.12. The quantitative estimate of drug-likeness (QED) is 0.681. The van der Waals surface area contributed by atoms with E-state index in [-0.39, 0.29) is 6.04 Å². The fourth-order valence-corrected chi connectivity index (χ4v) is 3.78. The van der Waals surface area contributed by atoms with Crippen molar-refractivity contribution < 1.29 is 9.90 Å². The average Bonchev–Trinajstić information content (AvgIpc) is 2.97. The molecule has 1 unspecified atom stereocenters. The SMILES string of the molecule is CC(NSc1cccc(C(=O)O)c1)c1nc2ccccc2s1. The van der Waals surface area contributed by atoms with Crippen LogP contribution < -0.4 is 4.72 Å². The molecule has 0 amide bonds. The lowest BCUT2D eigenvalue weighted by Gasteiger charge is -2.10. The molecule has 4 nitrogen and oxygen atoms in total. The third-order valence-corrected chi connectivity index (χ3v) is 5.30. The zero-order valence-electron chi connectivity index (χ0n) is 11.8. The number of rotatable bonds is 5. The molecule has 0 aliphatic carbocycles. The number of hydrogen-bond acceptors (Lipinski definition) is 5. The maximum Gasteiger partial charge on any atom is 0.335 e. The van der Waals surface area contributed by atoms with Gasteiger partial charge < -0.3 is 5.11 Å². The van der Waals surface area contributed by atoms with Gasteiger partial charge in [-0.2, -0.15) is 0 Å². The van der Waals surface area contributed by atoms with Crippen molar-refractivity contribution >= 4 is 39.5 Å². The molecule has 0 radical (unpaired) electrons. The summed E-state index contributed by atoms with van der Waals surface area (Å²) in [5.41, 5.74) is 1.30. The zero-order chi connectivity index (χ0) is 15.5. The van der Waals surface area contributed by atoms with Crippen LogP contribution in [0.15, 0.2) is 53.4 Å². The molecule has 6 heteroatoms. The number of carboxylic acid groups (broad SMARTS) is 1. The summed E-state index contributed by atoms with van der Waals surface area (Å²) in [6.45, 7) is 2.05. The van der Waals surface area contributed by atoms with E-state index < -0.39 is 5.97 Å². The van der Waals surface area contributed by atoms with Crippen molar-refractivity contribution in [3.05, 3.63) is 59.1 Å². The molecule has 0 fully saturated rings. The van der Waals surface area contributed by atoms with E-state index in [0.29, 0.717) is 5.56 Å². The molecule has 3 rings (SSSR count). The highest BCUT2D eigenvalue weighted by molar-refractivity contribution is 7.97. The Kier molecular flexibility index (Phi) is 4.42. The summed E-state index contributed by atoms with van der Waals surface area (Å²) in [5, 5.41) is 10.0. The number of benzene rings is 2. The molecule has 22 heavy (non-hydrogen) atoms. The number of fused-ring (bicyclic) bond motifs is 1. The summed E-state index contributed by atoms with van der Waals surface area (Å²) < 4.78 is 4.48. The molecule has 3 aromatic rings. The van der Waals surface area contributed by atoms with Crippen LogP contribution in [0.1, 0.15) is 28.3 Å². The summed E-state index contributed by atoms with van der Waals surface area (Å²) in [5.74, 6) is -0.915. The Labute approximate surface area is 136 Å². The minimum atomic E-state index is -0.915. The standard InChI is InChI=1S/C16H14N2O2S2/c1-10(15-17-13-7-2-3-8-14(13)21-15)18-22-12-6-4-5-11(9-12)16(19)20/h2-10,18H,1H3,(H,19,20). The number of aromatic carboxylic acids is 1. The molecule has 2 N–H and O–H groups in total. The minimum absolute atomic E-state index is 0.0795. The molecule has 0 saturated heterocycles. The first-order valence-electron chi connectivity index (χ1n) is 6.74. The van der Waals surface area contributed by atoms with E-state index >= 15 is 0 Å². The van der Waals surface area contributed by atoms with Gasteiger partial charge in [-0.25, -0.2) is 9.78 Å². The predicted molar refractivity (Wildman–Crippen MR) is 90.4 cm³/mol. The molecule has 1 aromatic heterocycles. The molecule has 112 valence electrons. The number of thiazole rings is 1. The van der Waals surface area contributed by atoms with E-state index in [1.165, 1.54) is 16.6 Å². The Balaban J connectivity index is 1.70. The van der Waals surface area contributed by atoms with Gasteiger partial charge in [0.1, 0.15) is 5.01 Å². The summed E-state index contributed by atoms with van der Waals surface area (Å²) >= 11 is 3.09. The van der Waals surface area contributed by atoms with Crippen LogP contribution >= 0.6 is 23.3 Å². The van der Waals surface area contributed by atoms with Crippen molar-refractivity contribution in [2.75, 3.05) is 0 Å². The molecule has 1 heterocycles. The third-order valence-electron chi connectivity index (χ3n) is 3.12. The molecule has 0 saturated carbocycles. The van der Waals surface area contributed by atoms with Gasteiger partial charge in [0.05, 0.1) is 21.8 Å². The van der Waals surface area contributed by atoms with E-state index in [1.807, 2.05) is 31.2 Å². The van der Waals surface area contributed by atoms with Crippen LogP contribution in [0, 0.1) is 0 Å². The maximum atomic E-state index is 11.0. The van der Waals surface area contributed by atoms with Gasteiger partial charge in [0.15, 0.2) is 0 Å². The Morgan fingerprint density at radius 1 is 1.27 bits per heavy atom. The lowest BCUT2D eigenvalue weighted by molar-refractivity contribution is 0.0696. The van der Waals surface area contributed by atoms with Gasteiger partial charge in [-0.3, -0.25) is 4.72 Å². The molecule has 0 spiro atoms. The molecule has 1 atom stereocenters. The van der Waals surface area contributed by atoms with Crippen molar-refractivity contribution in [1.82, 2.24) is 9.71 Å². The molecule has 0 aliphatic heterocycles. The highest BCUT2D eigenvalue weighted by atomic mass is 32.2. The third kappa shape index (κ3) is 3.30. The lowest BCUT2D eigenvalue weighted by Crippen LogP contribution is -2.09. The topological polar surface area (TPSA) is 62.2 Å². The van der Waals surface area contributed by atoms with E-state index in [0.717, 1.165) is 15.4 Å². The molecule has 0 bridgehead atoms. The number of para-hydroxylation sites is 1. The smallest absolute Gasteiger partial charge is 0.335 e. The van der Waals surface area contributed by atoms with Crippen molar-refractivity contribution in [3.63, 3.8) is 0 Å². The maximum absolute atomic E-state index is 11.0. The van der Waals surface area contributed by atoms with Gasteiger partial charge in [-0.1, -0.05) is 18.2 Å². The first-order chi connectivity index (χ1) is 10.6. The summed E-state index contributed by atoms with van der Waals surface area (Å²) in [7, 11) is 0. The van der Waals surface area contributed by atoms with Crippen molar-refractivity contribution in [2.24, 2.45) is 0 Å². The van der Waals surface area contributed by atoms with Gasteiger partial charge in [-0.05, 0) is 49.2 Å². The average molecular weight is 330 g/mol. The Morgan fingerprint density at radius 2 is 2.09 bits per heavy atom. The lowest BCUT2D eigenvalue weighted by atomic mass is 10.2. The fraction of sp³-hybridized carbons (Fsp3) is 0.125. The Hall–Kier alpha value is -1.89. The molecular formula is C16H14N2O2S2. The van der Waals surface area contributed by atoms with E-state index in [4.69, 9.17) is 5.11 Å². The van der Waals surface area contributed by atoms with Crippen LogP contribution in [0.3, 0.4) is 0 Å². The Bertz CT molecular complexity index is 784. The van der Waals surface area contributed by atoms with Gasteiger partial charge in [0.2, 0.25) is 0 Å². The van der Waals surface area contributed by atoms with Gasteiger partial charge in [0.25, 0.3) is 0 Å². The molecule has 0 aliphatic rings. The van der Waals surface area contributed by atoms with Gasteiger partial charge in [-0.15, -0.1) is 11.3 Å². The van der Waals surface area contributed by atoms with Crippen molar-refractivity contribution in [2.45, 2.75) is 17.9 Å². The number of nitrogens with zero attached hydrogens (tertiary/aromatic N) is 1. The first kappa shape index (κ1) is 15.0. The van der Waals surface area contributed by atoms with Crippen LogP contribution in [-0.4, -0.2) is 16.1 Å². The van der Waals surface area contributed by atoms with E-state index in [2.05, 4.69) is 15.8 Å². The van der Waals surface area contributed by atoms with Crippen LogP contribution in [0.4, 0.5) is 0 Å². The van der Waals surface area contributed by atoms with E-state index in [9.17, 15) is 4.79 Å². The van der Waals surface area contributed by atoms with Gasteiger partial charge >= 0.3 is 5.97 Å². The fourth-order valence-electron chi connectivity index (χ4n) is 1.97. The second kappa shape index (κ2) is 6.48. The van der Waals surface area contributed by atoms with Crippen LogP contribution in [-0.2, 0) is 0 Å². The number of nitrogens with one attached hydrogen (secondary N) is 1. The summed E-state index contributed by atoms with van der Waals surface area (Å²) in [6.07, 6.45) is 0. The van der Waals surface area contributed by atoms with E-state index in [1.54, 1.807) is 29.5 Å². The number of carboxylic acids is 1. The van der Waals surface area contributed by atoms with Crippen molar-refractivity contribution in [3.8, 4) is 0 Å². The minimum Gasteiger partial charge on any atom is -0.478 e.